The number of nitrogens with one attached hydrogen (secondary N) is 1. The van der Waals surface area contributed by atoms with Gasteiger partial charge in [-0.25, -0.2) is 13.4 Å². The Kier molecular flexibility index (Phi) is 5.54. The number of hydrogen-bond donors (Lipinski definition) is 1. The summed E-state index contributed by atoms with van der Waals surface area (Å²) in [5.74, 6) is 0.174. The van der Waals surface area contributed by atoms with Crippen molar-refractivity contribution in [3.8, 4) is 10.6 Å². The minimum atomic E-state index is -3.00. The van der Waals surface area contributed by atoms with Crippen LogP contribution >= 0.6 is 11.3 Å². The number of thiazole rings is 1. The third kappa shape index (κ3) is 4.43. The normalized spacial score (nSPS) is 17.5. The van der Waals surface area contributed by atoms with Crippen LogP contribution in [0.5, 0.6) is 0 Å². The van der Waals surface area contributed by atoms with Gasteiger partial charge in [0.15, 0.2) is 9.84 Å². The summed E-state index contributed by atoms with van der Waals surface area (Å²) in [5.41, 5.74) is 5.18. The molecule has 1 unspecified atom stereocenters. The van der Waals surface area contributed by atoms with Gasteiger partial charge in [-0.2, -0.15) is 5.10 Å². The van der Waals surface area contributed by atoms with Gasteiger partial charge in [0.25, 0.3) is 0 Å². The third-order valence-electron chi connectivity index (χ3n) is 6.08. The highest BCUT2D eigenvalue weighted by Crippen LogP contribution is 2.31. The number of aryl methyl sites for hydroxylation is 1. The smallest absolute Gasteiger partial charge is 0.228 e. The highest BCUT2D eigenvalue weighted by molar-refractivity contribution is 7.91. The van der Waals surface area contributed by atoms with Crippen molar-refractivity contribution in [2.24, 2.45) is 0 Å². The molecule has 1 atom stereocenters. The molecule has 1 aliphatic rings. The summed E-state index contributed by atoms with van der Waals surface area (Å²) in [7, 11) is -3.00. The molecule has 9 heteroatoms. The van der Waals surface area contributed by atoms with Gasteiger partial charge in [0.2, 0.25) is 5.91 Å². The molecule has 5 rings (SSSR count). The van der Waals surface area contributed by atoms with Crippen molar-refractivity contribution >= 4 is 43.0 Å². The van der Waals surface area contributed by atoms with E-state index in [-0.39, 0.29) is 29.9 Å². The van der Waals surface area contributed by atoms with Crippen molar-refractivity contribution in [3.63, 3.8) is 0 Å². The van der Waals surface area contributed by atoms with Gasteiger partial charge in [-0.15, -0.1) is 11.3 Å². The van der Waals surface area contributed by atoms with Gasteiger partial charge in [0.1, 0.15) is 5.01 Å². The molecule has 1 aliphatic heterocycles. The summed E-state index contributed by atoms with van der Waals surface area (Å²) in [5, 5.41) is 8.45. The molecule has 2 aromatic carbocycles. The number of para-hydroxylation sites is 1. The highest BCUT2D eigenvalue weighted by Gasteiger charge is 2.31. The van der Waals surface area contributed by atoms with Gasteiger partial charge in [-0.3, -0.25) is 9.48 Å². The summed E-state index contributed by atoms with van der Waals surface area (Å²) < 4.78 is 26.6. The fourth-order valence-electron chi connectivity index (χ4n) is 4.33. The summed E-state index contributed by atoms with van der Waals surface area (Å²) in [6, 6.07) is 15.6. The molecule has 0 spiro atoms. The number of carbonyl (C=O) groups excluding carboxylic acids is 1. The molecule has 0 bridgehead atoms. The largest absolute Gasteiger partial charge is 0.326 e. The second kappa shape index (κ2) is 8.39. The van der Waals surface area contributed by atoms with E-state index in [0.29, 0.717) is 6.42 Å². The van der Waals surface area contributed by atoms with Crippen LogP contribution in [0.4, 0.5) is 5.69 Å². The Hall–Kier alpha value is -3.04. The lowest BCUT2D eigenvalue weighted by Crippen LogP contribution is -2.16. The maximum absolute atomic E-state index is 12.7. The minimum Gasteiger partial charge on any atom is -0.326 e. The number of hydrogen-bond acceptors (Lipinski definition) is 6. The summed E-state index contributed by atoms with van der Waals surface area (Å²) in [4.78, 5) is 17.4. The first kappa shape index (κ1) is 21.8. The molecule has 0 saturated carbocycles. The van der Waals surface area contributed by atoms with Gasteiger partial charge >= 0.3 is 0 Å². The molecule has 1 saturated heterocycles. The zero-order valence-corrected chi connectivity index (χ0v) is 20.0. The van der Waals surface area contributed by atoms with Crippen LogP contribution < -0.4 is 5.32 Å². The quantitative estimate of drug-likeness (QED) is 0.459. The van der Waals surface area contributed by atoms with Gasteiger partial charge < -0.3 is 5.32 Å². The Bertz CT molecular complexity index is 1420. The molecule has 1 N–H and O–H groups in total. The molecular formula is C24H24N4O3S2. The van der Waals surface area contributed by atoms with E-state index in [1.54, 1.807) is 16.0 Å². The lowest BCUT2D eigenvalue weighted by atomic mass is 10.1. The zero-order valence-electron chi connectivity index (χ0n) is 18.4. The Morgan fingerprint density at radius 2 is 1.91 bits per heavy atom. The van der Waals surface area contributed by atoms with E-state index in [4.69, 9.17) is 0 Å². The highest BCUT2D eigenvalue weighted by atomic mass is 32.2. The van der Waals surface area contributed by atoms with Crippen LogP contribution in [0.1, 0.15) is 29.4 Å². The van der Waals surface area contributed by atoms with Gasteiger partial charge in [-0.1, -0.05) is 12.1 Å². The number of fused-ring (bicyclic) bond motifs is 1. The van der Waals surface area contributed by atoms with Gasteiger partial charge in [0.05, 0.1) is 39.9 Å². The molecule has 2 aromatic heterocycles. The Morgan fingerprint density at radius 1 is 1.15 bits per heavy atom. The average Bonchev–Trinajstić information content (AvgIpc) is 3.45. The van der Waals surface area contributed by atoms with E-state index in [1.165, 1.54) is 0 Å². The van der Waals surface area contributed by atoms with Crippen LogP contribution in [0.25, 0.3) is 20.8 Å². The fourth-order valence-corrected chi connectivity index (χ4v) is 7.00. The van der Waals surface area contributed by atoms with Crippen LogP contribution in [0, 0.1) is 13.8 Å². The molecule has 4 aromatic rings. The minimum absolute atomic E-state index is 0.113. The van der Waals surface area contributed by atoms with E-state index >= 15 is 0 Å². The number of nitrogens with zero attached hydrogens (tertiary/aromatic N) is 3. The standard InChI is InChI=1S/C24H24N4O3S2/c1-15-20(16(2)28(27-15)19-11-12-33(30,31)14-19)13-23(29)25-18-9-7-17(8-10-18)24-26-21-5-3-4-6-22(21)32-24/h3-10,19H,11-14H2,1-2H3,(H,25,29). The van der Waals surface area contributed by atoms with Crippen molar-refractivity contribution in [1.82, 2.24) is 14.8 Å². The van der Waals surface area contributed by atoms with Crippen LogP contribution in [0.2, 0.25) is 0 Å². The molecular weight excluding hydrogens is 456 g/mol. The maximum atomic E-state index is 12.7. The number of sulfone groups is 1. The maximum Gasteiger partial charge on any atom is 0.228 e. The Labute approximate surface area is 196 Å². The van der Waals surface area contributed by atoms with Crippen molar-refractivity contribution in [2.45, 2.75) is 32.7 Å². The molecule has 0 aliphatic carbocycles. The SMILES string of the molecule is Cc1nn(C2CCS(=O)(=O)C2)c(C)c1CC(=O)Nc1ccc(-c2nc3ccccc3s2)cc1. The lowest BCUT2D eigenvalue weighted by Gasteiger charge is -2.11. The summed E-state index contributed by atoms with van der Waals surface area (Å²) in [6.07, 6.45) is 0.758. The number of carbonyl (C=O) groups is 1. The molecule has 1 amide bonds. The van der Waals surface area contributed by atoms with Gasteiger partial charge in [0, 0.05) is 22.5 Å². The first-order chi connectivity index (χ1) is 15.8. The first-order valence-electron chi connectivity index (χ1n) is 10.8. The summed E-state index contributed by atoms with van der Waals surface area (Å²) in [6.45, 7) is 3.77. The monoisotopic (exact) mass is 480 g/mol. The Balaban J connectivity index is 1.28. The van der Waals surface area contributed by atoms with E-state index in [0.717, 1.165) is 43.4 Å². The van der Waals surface area contributed by atoms with E-state index < -0.39 is 9.84 Å². The number of rotatable bonds is 5. The first-order valence-corrected chi connectivity index (χ1v) is 13.4. The van der Waals surface area contributed by atoms with Crippen LogP contribution in [0.15, 0.2) is 48.5 Å². The van der Waals surface area contributed by atoms with Crippen molar-refractivity contribution < 1.29 is 13.2 Å². The zero-order chi connectivity index (χ0) is 23.2. The predicted molar refractivity (Wildman–Crippen MR) is 131 cm³/mol. The number of benzene rings is 2. The number of anilines is 1. The fraction of sp³-hybridized carbons (Fsp3) is 0.292. The van der Waals surface area contributed by atoms with Crippen molar-refractivity contribution in [2.75, 3.05) is 16.8 Å². The topological polar surface area (TPSA) is 94.0 Å². The van der Waals surface area contributed by atoms with E-state index in [2.05, 4.69) is 21.5 Å². The average molecular weight is 481 g/mol. The lowest BCUT2D eigenvalue weighted by molar-refractivity contribution is -0.115. The van der Waals surface area contributed by atoms with Crippen molar-refractivity contribution in [1.29, 1.82) is 0 Å². The van der Waals surface area contributed by atoms with Crippen LogP contribution in [-0.4, -0.2) is 40.6 Å². The molecule has 3 heterocycles. The second-order valence-corrected chi connectivity index (χ2v) is 11.7. The van der Waals surface area contributed by atoms with Crippen LogP contribution in [-0.2, 0) is 21.1 Å². The van der Waals surface area contributed by atoms with Crippen molar-refractivity contribution in [3.05, 3.63) is 65.5 Å². The molecule has 7 nitrogen and oxygen atoms in total. The van der Waals surface area contributed by atoms with Gasteiger partial charge in [-0.05, 0) is 56.7 Å². The van der Waals surface area contributed by atoms with Crippen LogP contribution in [0.3, 0.4) is 0 Å². The second-order valence-electron chi connectivity index (χ2n) is 8.44. The predicted octanol–water partition coefficient (Wildman–Crippen LogP) is 4.32. The number of aromatic nitrogens is 3. The molecule has 0 radical (unpaired) electrons. The molecule has 170 valence electrons. The van der Waals surface area contributed by atoms with E-state index in [1.807, 2.05) is 56.3 Å². The van der Waals surface area contributed by atoms with E-state index in [9.17, 15) is 13.2 Å². The summed E-state index contributed by atoms with van der Waals surface area (Å²) >= 11 is 1.64. The number of amides is 1. The third-order valence-corrected chi connectivity index (χ3v) is 8.91. The molecule has 1 fully saturated rings. The molecule has 33 heavy (non-hydrogen) atoms. The Morgan fingerprint density at radius 3 is 2.61 bits per heavy atom.